The molecule has 5 rings (SSSR count). The molecule has 8 nitrogen and oxygen atoms in total. The van der Waals surface area contributed by atoms with Gasteiger partial charge in [-0.25, -0.2) is 0 Å². The third kappa shape index (κ3) is 3.73. The number of nitrogens with zero attached hydrogens (tertiary/aromatic N) is 4. The van der Waals surface area contributed by atoms with E-state index in [-0.39, 0.29) is 5.91 Å². The molecule has 0 saturated heterocycles. The van der Waals surface area contributed by atoms with Gasteiger partial charge in [0.15, 0.2) is 17.3 Å². The topological polar surface area (TPSA) is 91.2 Å². The Morgan fingerprint density at radius 3 is 2.58 bits per heavy atom. The predicted octanol–water partition coefficient (Wildman–Crippen LogP) is 3.27. The van der Waals surface area contributed by atoms with Gasteiger partial charge in [-0.05, 0) is 66.3 Å². The van der Waals surface area contributed by atoms with E-state index in [1.54, 1.807) is 4.68 Å². The zero-order valence-corrected chi connectivity index (χ0v) is 17.5. The van der Waals surface area contributed by atoms with Gasteiger partial charge in [0.1, 0.15) is 18.8 Å². The molecular formula is C23H25N5O3. The Balaban J connectivity index is 1.52. The van der Waals surface area contributed by atoms with E-state index in [0.717, 1.165) is 31.4 Å². The van der Waals surface area contributed by atoms with E-state index in [9.17, 15) is 4.79 Å². The lowest BCUT2D eigenvalue weighted by molar-refractivity contribution is 0.0836. The van der Waals surface area contributed by atoms with Gasteiger partial charge in [0.05, 0.1) is 5.69 Å². The molecule has 160 valence electrons. The zero-order valence-electron chi connectivity index (χ0n) is 17.5. The molecule has 1 N–H and O–H groups in total. The van der Waals surface area contributed by atoms with Crippen molar-refractivity contribution in [2.75, 3.05) is 13.2 Å². The minimum atomic E-state index is -0.643. The number of nitrogens with one attached hydrogen (secondary N) is 1. The Morgan fingerprint density at radius 1 is 1.06 bits per heavy atom. The summed E-state index contributed by atoms with van der Waals surface area (Å²) in [5.74, 6) is 2.50. The highest BCUT2D eigenvalue weighted by atomic mass is 16.6. The van der Waals surface area contributed by atoms with Crippen LogP contribution >= 0.6 is 0 Å². The molecule has 31 heavy (non-hydrogen) atoms. The van der Waals surface area contributed by atoms with Gasteiger partial charge in [0.25, 0.3) is 5.91 Å². The molecule has 1 saturated carbocycles. The van der Waals surface area contributed by atoms with Crippen molar-refractivity contribution in [3.8, 4) is 17.2 Å². The van der Waals surface area contributed by atoms with Gasteiger partial charge in [0.2, 0.25) is 0 Å². The number of hydrogen-bond acceptors (Lipinski definition) is 6. The fourth-order valence-electron chi connectivity index (χ4n) is 4.36. The summed E-state index contributed by atoms with van der Waals surface area (Å²) < 4.78 is 13.1. The number of benzene rings is 2. The molecule has 0 bridgehead atoms. The van der Waals surface area contributed by atoms with Crippen LogP contribution in [0, 0.1) is 5.92 Å². The van der Waals surface area contributed by atoms with E-state index in [0.29, 0.717) is 42.0 Å². The molecule has 0 atom stereocenters. The summed E-state index contributed by atoms with van der Waals surface area (Å²) in [6.07, 6.45) is 3.53. The molecule has 8 heteroatoms. The molecule has 2 heterocycles. The minimum Gasteiger partial charge on any atom is -0.486 e. The molecule has 0 unspecified atom stereocenters. The first-order valence-corrected chi connectivity index (χ1v) is 10.7. The average Bonchev–Trinajstić information content (AvgIpc) is 3.32. The van der Waals surface area contributed by atoms with E-state index >= 15 is 0 Å². The van der Waals surface area contributed by atoms with Gasteiger partial charge in [0, 0.05) is 11.6 Å². The van der Waals surface area contributed by atoms with Gasteiger partial charge in [-0.1, -0.05) is 25.1 Å². The van der Waals surface area contributed by atoms with Gasteiger partial charge in [-0.2, -0.15) is 4.68 Å². The molecule has 3 aromatic rings. The predicted molar refractivity (Wildman–Crippen MR) is 113 cm³/mol. The molecule has 1 amide bonds. The molecule has 2 aromatic carbocycles. The lowest BCUT2D eigenvalue weighted by atomic mass is 9.76. The van der Waals surface area contributed by atoms with Gasteiger partial charge < -0.3 is 14.8 Å². The maximum atomic E-state index is 13.1. The zero-order chi connectivity index (χ0) is 21.3. The lowest BCUT2D eigenvalue weighted by Gasteiger charge is -2.39. The van der Waals surface area contributed by atoms with Crippen LogP contribution in [0.15, 0.2) is 48.5 Å². The number of tetrazole rings is 1. The van der Waals surface area contributed by atoms with Gasteiger partial charge in [-0.3, -0.25) is 4.79 Å². The Labute approximate surface area is 180 Å². The summed E-state index contributed by atoms with van der Waals surface area (Å²) >= 11 is 0. The van der Waals surface area contributed by atoms with E-state index in [1.807, 2.05) is 48.5 Å². The number of ether oxygens (including phenoxy) is 2. The van der Waals surface area contributed by atoms with E-state index < -0.39 is 5.54 Å². The highest BCUT2D eigenvalue weighted by molar-refractivity contribution is 5.94. The van der Waals surface area contributed by atoms with E-state index in [1.165, 1.54) is 0 Å². The summed E-state index contributed by atoms with van der Waals surface area (Å²) in [4.78, 5) is 13.1. The average molecular weight is 419 g/mol. The largest absolute Gasteiger partial charge is 0.486 e. The molecule has 0 spiro atoms. The SMILES string of the molecule is CC1CCC(NC(=O)c2ccccc2)(c2nnnn2-c2ccc3c(c2)OCCO3)CC1. The first-order chi connectivity index (χ1) is 15.1. The molecule has 1 fully saturated rings. The van der Waals surface area contributed by atoms with Crippen LogP contribution in [-0.4, -0.2) is 39.3 Å². The number of amides is 1. The van der Waals surface area contributed by atoms with Crippen LogP contribution in [0.25, 0.3) is 5.69 Å². The van der Waals surface area contributed by atoms with Crippen LogP contribution in [0.1, 0.15) is 48.8 Å². The summed E-state index contributed by atoms with van der Waals surface area (Å²) in [6, 6.07) is 14.9. The van der Waals surface area contributed by atoms with Crippen molar-refractivity contribution in [2.45, 2.75) is 38.1 Å². The highest BCUT2D eigenvalue weighted by Gasteiger charge is 2.42. The van der Waals surface area contributed by atoms with Crippen molar-refractivity contribution in [1.29, 1.82) is 0 Å². The number of rotatable bonds is 4. The first kappa shape index (κ1) is 19.5. The van der Waals surface area contributed by atoms with Crippen LogP contribution < -0.4 is 14.8 Å². The van der Waals surface area contributed by atoms with Crippen molar-refractivity contribution < 1.29 is 14.3 Å². The van der Waals surface area contributed by atoms with Crippen LogP contribution in [0.2, 0.25) is 0 Å². The molecule has 1 aliphatic carbocycles. The van der Waals surface area contributed by atoms with Gasteiger partial charge >= 0.3 is 0 Å². The first-order valence-electron chi connectivity index (χ1n) is 10.7. The highest BCUT2D eigenvalue weighted by Crippen LogP contribution is 2.40. The van der Waals surface area contributed by atoms with Crippen molar-refractivity contribution in [2.24, 2.45) is 5.92 Å². The quantitative estimate of drug-likeness (QED) is 0.698. The Kier molecular flexibility index (Phi) is 5.05. The molecule has 1 aliphatic heterocycles. The van der Waals surface area contributed by atoms with E-state index in [4.69, 9.17) is 9.47 Å². The normalized spacial score (nSPS) is 22.7. The maximum absolute atomic E-state index is 13.1. The number of aromatic nitrogens is 4. The summed E-state index contributed by atoms with van der Waals surface area (Å²) in [6.45, 7) is 3.29. The van der Waals surface area contributed by atoms with Crippen molar-refractivity contribution in [3.05, 3.63) is 59.9 Å². The molecule has 1 aromatic heterocycles. The fraction of sp³-hybridized carbons (Fsp3) is 0.391. The Morgan fingerprint density at radius 2 is 1.81 bits per heavy atom. The molecular weight excluding hydrogens is 394 g/mol. The van der Waals surface area contributed by atoms with Crippen LogP contribution in [-0.2, 0) is 5.54 Å². The standard InChI is InChI=1S/C23H25N5O3/c1-16-9-11-23(12-10-16,24-21(29)17-5-3-2-4-6-17)22-25-26-27-28(22)18-7-8-19-20(15-18)31-14-13-30-19/h2-8,15-16H,9-14H2,1H3,(H,24,29). The fourth-order valence-corrected chi connectivity index (χ4v) is 4.36. The Hall–Kier alpha value is -3.42. The van der Waals surface area contributed by atoms with Crippen LogP contribution in [0.4, 0.5) is 0 Å². The maximum Gasteiger partial charge on any atom is 0.252 e. The summed E-state index contributed by atoms with van der Waals surface area (Å²) in [7, 11) is 0. The third-order valence-corrected chi connectivity index (χ3v) is 6.18. The van der Waals surface area contributed by atoms with Crippen LogP contribution in [0.3, 0.4) is 0 Å². The number of carbonyl (C=O) groups is 1. The van der Waals surface area contributed by atoms with Crippen molar-refractivity contribution in [3.63, 3.8) is 0 Å². The minimum absolute atomic E-state index is 0.119. The smallest absolute Gasteiger partial charge is 0.252 e. The summed E-state index contributed by atoms with van der Waals surface area (Å²) in [5, 5.41) is 15.9. The van der Waals surface area contributed by atoms with Crippen LogP contribution in [0.5, 0.6) is 11.5 Å². The molecule has 0 radical (unpaired) electrons. The van der Waals surface area contributed by atoms with Crippen molar-refractivity contribution >= 4 is 5.91 Å². The second-order valence-corrected chi connectivity index (χ2v) is 8.33. The van der Waals surface area contributed by atoms with Crippen molar-refractivity contribution in [1.82, 2.24) is 25.5 Å². The monoisotopic (exact) mass is 419 g/mol. The number of carbonyl (C=O) groups excluding carboxylic acids is 1. The number of hydrogen-bond donors (Lipinski definition) is 1. The number of fused-ring (bicyclic) bond motifs is 1. The lowest BCUT2D eigenvalue weighted by Crippen LogP contribution is -2.49. The molecule has 2 aliphatic rings. The third-order valence-electron chi connectivity index (χ3n) is 6.18. The Bertz CT molecular complexity index is 1070. The second kappa shape index (κ2) is 8.02. The second-order valence-electron chi connectivity index (χ2n) is 8.33. The van der Waals surface area contributed by atoms with Gasteiger partial charge in [-0.15, -0.1) is 5.10 Å². The van der Waals surface area contributed by atoms with E-state index in [2.05, 4.69) is 27.8 Å². The summed E-state index contributed by atoms with van der Waals surface area (Å²) in [5.41, 5.74) is 0.756.